The van der Waals surface area contributed by atoms with Crippen LogP contribution in [-0.2, 0) is 6.42 Å². The normalized spacial score (nSPS) is 16.7. The van der Waals surface area contributed by atoms with Gasteiger partial charge in [-0.15, -0.1) is 0 Å². The average molecular weight is 474 g/mol. The predicted molar refractivity (Wildman–Crippen MR) is 128 cm³/mol. The molecule has 1 fully saturated rings. The van der Waals surface area contributed by atoms with Gasteiger partial charge in [0, 0.05) is 25.4 Å². The highest BCUT2D eigenvalue weighted by atomic mass is 35.5. The van der Waals surface area contributed by atoms with Crippen molar-refractivity contribution in [2.24, 2.45) is 0 Å². The quantitative estimate of drug-likeness (QED) is 0.534. The Labute approximate surface area is 197 Å². The molecule has 1 saturated heterocycles. The van der Waals surface area contributed by atoms with Crippen LogP contribution in [0.4, 0.5) is 10.2 Å². The van der Waals surface area contributed by atoms with Gasteiger partial charge in [0.2, 0.25) is 0 Å². The van der Waals surface area contributed by atoms with Crippen molar-refractivity contribution < 1.29 is 9.50 Å². The Kier molecular flexibility index (Phi) is 6.95. The zero-order chi connectivity index (χ0) is 23.7. The van der Waals surface area contributed by atoms with Gasteiger partial charge in [-0.2, -0.15) is 4.98 Å². The molecule has 1 N–H and O–H groups in total. The first-order valence-corrected chi connectivity index (χ1v) is 11.9. The van der Waals surface area contributed by atoms with Gasteiger partial charge in [0.1, 0.15) is 5.82 Å². The number of hydrogen-bond acceptors (Lipinski definition) is 6. The third kappa shape index (κ3) is 4.46. The monoisotopic (exact) mass is 473 g/mol. The van der Waals surface area contributed by atoms with E-state index in [0.29, 0.717) is 35.4 Å². The number of aromatic nitrogens is 4. The van der Waals surface area contributed by atoms with E-state index in [4.69, 9.17) is 11.6 Å². The average Bonchev–Trinajstić information content (AvgIpc) is 2.79. The van der Waals surface area contributed by atoms with E-state index in [-0.39, 0.29) is 29.4 Å². The Morgan fingerprint density at radius 1 is 1.30 bits per heavy atom. The summed E-state index contributed by atoms with van der Waals surface area (Å²) in [4.78, 5) is 28.9. The van der Waals surface area contributed by atoms with Crippen LogP contribution in [0.2, 0.25) is 5.15 Å². The summed E-state index contributed by atoms with van der Waals surface area (Å²) in [5.74, 6) is -0.208. The van der Waals surface area contributed by atoms with Gasteiger partial charge in [0.05, 0.1) is 16.8 Å². The van der Waals surface area contributed by atoms with Crippen molar-refractivity contribution in [3.63, 3.8) is 0 Å². The number of pyridine rings is 2. The van der Waals surface area contributed by atoms with Crippen LogP contribution in [-0.4, -0.2) is 43.8 Å². The van der Waals surface area contributed by atoms with Crippen molar-refractivity contribution in [3.8, 4) is 5.69 Å². The second-order valence-corrected chi connectivity index (χ2v) is 9.27. The minimum Gasteiger partial charge on any atom is -0.396 e. The Bertz CT molecular complexity index is 1230. The van der Waals surface area contributed by atoms with E-state index in [1.807, 2.05) is 19.9 Å². The van der Waals surface area contributed by atoms with E-state index in [9.17, 15) is 14.3 Å². The molecule has 0 aromatic carbocycles. The van der Waals surface area contributed by atoms with Crippen molar-refractivity contribution in [1.82, 2.24) is 19.5 Å². The van der Waals surface area contributed by atoms with Crippen LogP contribution >= 0.6 is 11.6 Å². The number of rotatable bonds is 6. The van der Waals surface area contributed by atoms with Crippen molar-refractivity contribution in [2.45, 2.75) is 64.8 Å². The van der Waals surface area contributed by atoms with E-state index >= 15 is 0 Å². The summed E-state index contributed by atoms with van der Waals surface area (Å²) >= 11 is 6.11. The van der Waals surface area contributed by atoms with Gasteiger partial charge in [-0.25, -0.2) is 18.7 Å². The number of aliphatic hydroxyl groups excluding tert-OH is 1. The van der Waals surface area contributed by atoms with Crippen LogP contribution in [0.5, 0.6) is 0 Å². The van der Waals surface area contributed by atoms with Crippen LogP contribution < -0.4 is 10.6 Å². The Balaban J connectivity index is 2.07. The van der Waals surface area contributed by atoms with Gasteiger partial charge >= 0.3 is 5.69 Å². The molecule has 0 radical (unpaired) electrons. The number of anilines is 1. The number of fused-ring (bicyclic) bond motifs is 1. The summed E-state index contributed by atoms with van der Waals surface area (Å²) in [5, 5.41) is 9.53. The number of halogens is 2. The van der Waals surface area contributed by atoms with Crippen LogP contribution in [0.25, 0.3) is 16.7 Å². The van der Waals surface area contributed by atoms with Gasteiger partial charge in [-0.1, -0.05) is 25.4 Å². The predicted octanol–water partition coefficient (Wildman–Crippen LogP) is 4.40. The molecule has 0 spiro atoms. The minimum absolute atomic E-state index is 0.00809. The lowest BCUT2D eigenvalue weighted by atomic mass is 10.0. The fraction of sp³-hybridized carbons (Fsp3) is 0.500. The van der Waals surface area contributed by atoms with Gasteiger partial charge in [0.15, 0.2) is 16.6 Å². The van der Waals surface area contributed by atoms with Crippen LogP contribution in [0.15, 0.2) is 23.1 Å². The smallest absolute Gasteiger partial charge is 0.355 e. The summed E-state index contributed by atoms with van der Waals surface area (Å²) in [6.07, 6.45) is 5.83. The number of aliphatic hydroxyl groups is 1. The highest BCUT2D eigenvalue weighted by Gasteiger charge is 2.27. The molecule has 7 nitrogen and oxygen atoms in total. The molecular weight excluding hydrogens is 445 g/mol. The maximum atomic E-state index is 14.6. The van der Waals surface area contributed by atoms with E-state index < -0.39 is 11.5 Å². The molecule has 0 saturated carbocycles. The molecule has 1 aliphatic rings. The lowest BCUT2D eigenvalue weighted by Gasteiger charge is -2.35. The summed E-state index contributed by atoms with van der Waals surface area (Å²) in [6.45, 7) is 6.83. The maximum Gasteiger partial charge on any atom is 0.355 e. The molecule has 176 valence electrons. The first-order chi connectivity index (χ1) is 15.8. The first-order valence-electron chi connectivity index (χ1n) is 11.5. The van der Waals surface area contributed by atoms with E-state index in [1.54, 1.807) is 6.20 Å². The molecule has 0 aliphatic carbocycles. The maximum absolute atomic E-state index is 14.6. The van der Waals surface area contributed by atoms with Crippen LogP contribution in [0.1, 0.15) is 63.6 Å². The molecular formula is C24H29ClFN5O2. The molecule has 3 aromatic rings. The summed E-state index contributed by atoms with van der Waals surface area (Å²) in [6, 6.07) is 3.33. The lowest BCUT2D eigenvalue weighted by Crippen LogP contribution is -2.40. The fourth-order valence-electron chi connectivity index (χ4n) is 4.58. The first kappa shape index (κ1) is 23.6. The summed E-state index contributed by atoms with van der Waals surface area (Å²) in [5.41, 5.74) is 1.88. The largest absolute Gasteiger partial charge is 0.396 e. The molecule has 9 heteroatoms. The van der Waals surface area contributed by atoms with E-state index in [1.165, 1.54) is 10.6 Å². The van der Waals surface area contributed by atoms with Crippen molar-refractivity contribution in [2.75, 3.05) is 18.1 Å². The standard InChI is InChI=1S/C24H29ClFN5O2/c1-14(2)19-20(16(8-6-12-32)9-10-27-19)31-23-17(13-18(26)21(25)28-23)22(29-24(31)33)30-11-5-4-7-15(30)3/h9-10,13-15,32H,4-8,11-12H2,1-3H3/t15-/m0/s1. The molecule has 0 bridgehead atoms. The van der Waals surface area contributed by atoms with E-state index in [2.05, 4.69) is 26.8 Å². The molecule has 1 atom stereocenters. The van der Waals surface area contributed by atoms with Crippen molar-refractivity contribution in [3.05, 3.63) is 51.0 Å². The number of aryl methyl sites for hydroxylation is 1. The Morgan fingerprint density at radius 3 is 2.79 bits per heavy atom. The lowest BCUT2D eigenvalue weighted by molar-refractivity contribution is 0.288. The minimum atomic E-state index is -0.655. The van der Waals surface area contributed by atoms with Gasteiger partial charge in [-0.05, 0) is 62.6 Å². The third-order valence-electron chi connectivity index (χ3n) is 6.24. The highest BCUT2D eigenvalue weighted by molar-refractivity contribution is 6.30. The van der Waals surface area contributed by atoms with Gasteiger partial charge < -0.3 is 10.0 Å². The molecule has 3 aromatic heterocycles. The Hall–Kier alpha value is -2.58. The van der Waals surface area contributed by atoms with Gasteiger partial charge in [0.25, 0.3) is 0 Å². The zero-order valence-corrected chi connectivity index (χ0v) is 19.9. The SMILES string of the molecule is CC(C)c1nccc(CCCO)c1-n1c(=O)nc(N2CCCC[C@@H]2C)c2cc(F)c(Cl)nc21. The van der Waals surface area contributed by atoms with Crippen LogP contribution in [0.3, 0.4) is 0 Å². The Morgan fingerprint density at radius 2 is 2.09 bits per heavy atom. The molecule has 1 aliphatic heterocycles. The summed E-state index contributed by atoms with van der Waals surface area (Å²) < 4.78 is 16.0. The van der Waals surface area contributed by atoms with Gasteiger partial charge in [-0.3, -0.25) is 4.98 Å². The van der Waals surface area contributed by atoms with E-state index in [0.717, 1.165) is 31.4 Å². The number of hydrogen-bond donors (Lipinski definition) is 1. The molecule has 4 heterocycles. The highest BCUT2D eigenvalue weighted by Crippen LogP contribution is 2.33. The molecule has 0 unspecified atom stereocenters. The fourth-order valence-corrected chi connectivity index (χ4v) is 4.72. The molecule has 0 amide bonds. The second kappa shape index (κ2) is 9.73. The second-order valence-electron chi connectivity index (χ2n) is 8.91. The number of nitrogens with zero attached hydrogens (tertiary/aromatic N) is 5. The topological polar surface area (TPSA) is 84.1 Å². The molecule has 33 heavy (non-hydrogen) atoms. The summed E-state index contributed by atoms with van der Waals surface area (Å²) in [7, 11) is 0. The molecule has 4 rings (SSSR count). The zero-order valence-electron chi connectivity index (χ0n) is 19.2. The van der Waals surface area contributed by atoms with Crippen molar-refractivity contribution in [1.29, 1.82) is 0 Å². The van der Waals surface area contributed by atoms with Crippen LogP contribution in [0, 0.1) is 5.82 Å². The van der Waals surface area contributed by atoms with Crippen molar-refractivity contribution >= 4 is 28.5 Å². The number of piperidine rings is 1. The third-order valence-corrected chi connectivity index (χ3v) is 6.51.